The fourth-order valence-electron chi connectivity index (χ4n) is 1.74. The molecular weight excluding hydrogens is 224 g/mol. The van der Waals surface area contributed by atoms with Gasteiger partial charge in [0.1, 0.15) is 0 Å². The average Bonchev–Trinajstić information content (AvgIpc) is 2.95. The molecule has 0 heterocycles. The molecule has 4 heteroatoms. The van der Waals surface area contributed by atoms with Crippen molar-refractivity contribution in [3.63, 3.8) is 0 Å². The maximum Gasteiger partial charge on any atom is 0.253 e. The van der Waals surface area contributed by atoms with Gasteiger partial charge in [-0.15, -0.1) is 0 Å². The number of halogens is 1. The number of carbonyl (C=O) groups is 1. The third-order valence-corrected chi connectivity index (χ3v) is 3.43. The Balaban J connectivity index is 2.00. The first kappa shape index (κ1) is 11.3. The van der Waals surface area contributed by atoms with E-state index in [1.54, 1.807) is 18.2 Å². The van der Waals surface area contributed by atoms with E-state index in [1.165, 1.54) is 6.42 Å². The molecule has 1 aliphatic carbocycles. The summed E-state index contributed by atoms with van der Waals surface area (Å²) in [4.78, 5) is 11.8. The van der Waals surface area contributed by atoms with Crippen LogP contribution in [0.25, 0.3) is 0 Å². The van der Waals surface area contributed by atoms with Crippen LogP contribution in [0.5, 0.6) is 0 Å². The van der Waals surface area contributed by atoms with Gasteiger partial charge in [0, 0.05) is 6.54 Å². The topological polar surface area (TPSA) is 55.1 Å². The zero-order valence-electron chi connectivity index (χ0n) is 9.16. The quantitative estimate of drug-likeness (QED) is 0.794. The predicted molar refractivity (Wildman–Crippen MR) is 65.5 cm³/mol. The minimum atomic E-state index is -0.140. The summed E-state index contributed by atoms with van der Waals surface area (Å²) in [5.74, 6) is 1.22. The second-order valence-electron chi connectivity index (χ2n) is 4.38. The van der Waals surface area contributed by atoms with E-state index in [0.717, 1.165) is 12.5 Å². The molecule has 1 aromatic rings. The second-order valence-corrected chi connectivity index (χ2v) is 4.79. The Hall–Kier alpha value is -1.22. The maximum absolute atomic E-state index is 11.8. The van der Waals surface area contributed by atoms with Crippen molar-refractivity contribution in [2.75, 3.05) is 12.3 Å². The van der Waals surface area contributed by atoms with Crippen LogP contribution in [0.4, 0.5) is 5.69 Å². The first-order valence-electron chi connectivity index (χ1n) is 5.41. The van der Waals surface area contributed by atoms with Crippen LogP contribution in [0, 0.1) is 11.8 Å². The molecule has 3 N–H and O–H groups in total. The molecule has 86 valence electrons. The van der Waals surface area contributed by atoms with Crippen LogP contribution < -0.4 is 11.1 Å². The standard InChI is InChI=1S/C12H15ClN2O/c1-7-5-8(7)6-15-12(16)9-3-2-4-10(13)11(9)14/h2-4,7-8H,5-6,14H2,1H3,(H,15,16). The summed E-state index contributed by atoms with van der Waals surface area (Å²) in [7, 11) is 0. The van der Waals surface area contributed by atoms with E-state index in [1.807, 2.05) is 0 Å². The molecule has 2 rings (SSSR count). The summed E-state index contributed by atoms with van der Waals surface area (Å²) in [5.41, 5.74) is 6.55. The van der Waals surface area contributed by atoms with Gasteiger partial charge in [-0.05, 0) is 30.4 Å². The molecule has 0 spiro atoms. The molecule has 0 radical (unpaired) electrons. The molecule has 3 nitrogen and oxygen atoms in total. The lowest BCUT2D eigenvalue weighted by Crippen LogP contribution is -2.26. The van der Waals surface area contributed by atoms with Gasteiger partial charge < -0.3 is 11.1 Å². The Morgan fingerprint density at radius 3 is 2.94 bits per heavy atom. The molecule has 1 aliphatic rings. The molecule has 2 unspecified atom stereocenters. The highest BCUT2D eigenvalue weighted by Gasteiger charge is 2.32. The normalized spacial score (nSPS) is 22.9. The molecule has 0 aromatic heterocycles. The summed E-state index contributed by atoms with van der Waals surface area (Å²) in [6, 6.07) is 5.09. The number of hydrogen-bond acceptors (Lipinski definition) is 2. The molecule has 0 aliphatic heterocycles. The highest BCUT2D eigenvalue weighted by Crippen LogP contribution is 2.36. The highest BCUT2D eigenvalue weighted by atomic mass is 35.5. The molecule has 1 aromatic carbocycles. The fraction of sp³-hybridized carbons (Fsp3) is 0.417. The second kappa shape index (κ2) is 4.34. The molecule has 1 fully saturated rings. The SMILES string of the molecule is CC1CC1CNC(=O)c1cccc(Cl)c1N. The van der Waals surface area contributed by atoms with Crippen molar-refractivity contribution in [3.05, 3.63) is 28.8 Å². The van der Waals surface area contributed by atoms with Crippen molar-refractivity contribution in [2.45, 2.75) is 13.3 Å². The zero-order valence-corrected chi connectivity index (χ0v) is 9.92. The van der Waals surface area contributed by atoms with E-state index in [-0.39, 0.29) is 5.91 Å². The minimum Gasteiger partial charge on any atom is -0.397 e. The molecule has 1 saturated carbocycles. The molecule has 2 atom stereocenters. The third-order valence-electron chi connectivity index (χ3n) is 3.10. The Morgan fingerprint density at radius 1 is 1.62 bits per heavy atom. The Labute approximate surface area is 100.0 Å². The van der Waals surface area contributed by atoms with Gasteiger partial charge in [-0.3, -0.25) is 4.79 Å². The number of carbonyl (C=O) groups excluding carboxylic acids is 1. The molecule has 0 bridgehead atoms. The lowest BCUT2D eigenvalue weighted by molar-refractivity contribution is 0.0952. The lowest BCUT2D eigenvalue weighted by Gasteiger charge is -2.07. The van der Waals surface area contributed by atoms with Crippen molar-refractivity contribution in [1.82, 2.24) is 5.32 Å². The van der Waals surface area contributed by atoms with E-state index in [2.05, 4.69) is 12.2 Å². The van der Waals surface area contributed by atoms with E-state index in [0.29, 0.717) is 22.2 Å². The van der Waals surface area contributed by atoms with E-state index in [4.69, 9.17) is 17.3 Å². The van der Waals surface area contributed by atoms with Crippen LogP contribution in [0.2, 0.25) is 5.02 Å². The van der Waals surface area contributed by atoms with Gasteiger partial charge in [0.2, 0.25) is 0 Å². The summed E-state index contributed by atoms with van der Waals surface area (Å²) >= 11 is 5.85. The van der Waals surface area contributed by atoms with Crippen molar-refractivity contribution < 1.29 is 4.79 Å². The predicted octanol–water partition coefficient (Wildman–Crippen LogP) is 2.31. The van der Waals surface area contributed by atoms with Gasteiger partial charge in [-0.1, -0.05) is 24.6 Å². The largest absolute Gasteiger partial charge is 0.397 e. The number of benzene rings is 1. The summed E-state index contributed by atoms with van der Waals surface area (Å²) in [6.07, 6.45) is 1.20. The Bertz CT molecular complexity index is 419. The molecule has 16 heavy (non-hydrogen) atoms. The number of hydrogen-bond donors (Lipinski definition) is 2. The summed E-state index contributed by atoms with van der Waals surface area (Å²) < 4.78 is 0. The number of para-hydroxylation sites is 1. The van der Waals surface area contributed by atoms with E-state index < -0.39 is 0 Å². The number of amides is 1. The average molecular weight is 239 g/mol. The summed E-state index contributed by atoms with van der Waals surface area (Å²) in [5, 5.41) is 3.31. The van der Waals surface area contributed by atoms with Crippen molar-refractivity contribution in [3.8, 4) is 0 Å². The van der Waals surface area contributed by atoms with Gasteiger partial charge in [-0.25, -0.2) is 0 Å². The number of rotatable bonds is 3. The minimum absolute atomic E-state index is 0.140. The van der Waals surface area contributed by atoms with Crippen LogP contribution in [-0.4, -0.2) is 12.5 Å². The van der Waals surface area contributed by atoms with Crippen molar-refractivity contribution in [2.24, 2.45) is 11.8 Å². The Kier molecular flexibility index (Phi) is 3.06. The number of nitrogens with two attached hydrogens (primary N) is 1. The third kappa shape index (κ3) is 2.30. The molecule has 1 amide bonds. The first-order valence-corrected chi connectivity index (χ1v) is 5.79. The smallest absolute Gasteiger partial charge is 0.253 e. The van der Waals surface area contributed by atoms with Crippen molar-refractivity contribution in [1.29, 1.82) is 0 Å². The van der Waals surface area contributed by atoms with Crippen LogP contribution >= 0.6 is 11.6 Å². The number of anilines is 1. The van der Waals surface area contributed by atoms with Gasteiger partial charge >= 0.3 is 0 Å². The first-order chi connectivity index (χ1) is 7.59. The molecule has 0 saturated heterocycles. The van der Waals surface area contributed by atoms with Crippen LogP contribution in [0.1, 0.15) is 23.7 Å². The van der Waals surface area contributed by atoms with Gasteiger partial charge in [0.25, 0.3) is 5.91 Å². The number of nitrogens with one attached hydrogen (secondary N) is 1. The van der Waals surface area contributed by atoms with Crippen molar-refractivity contribution >= 4 is 23.2 Å². The monoisotopic (exact) mass is 238 g/mol. The van der Waals surface area contributed by atoms with Crippen LogP contribution in [-0.2, 0) is 0 Å². The zero-order chi connectivity index (χ0) is 11.7. The summed E-state index contributed by atoms with van der Waals surface area (Å²) in [6.45, 7) is 2.91. The van der Waals surface area contributed by atoms with Gasteiger partial charge in [-0.2, -0.15) is 0 Å². The van der Waals surface area contributed by atoms with Crippen LogP contribution in [0.3, 0.4) is 0 Å². The van der Waals surface area contributed by atoms with E-state index in [9.17, 15) is 4.79 Å². The van der Waals surface area contributed by atoms with Gasteiger partial charge in [0.15, 0.2) is 0 Å². The fourth-order valence-corrected chi connectivity index (χ4v) is 1.91. The van der Waals surface area contributed by atoms with Crippen LogP contribution in [0.15, 0.2) is 18.2 Å². The maximum atomic E-state index is 11.8. The Morgan fingerprint density at radius 2 is 2.31 bits per heavy atom. The molecular formula is C12H15ClN2O. The number of nitrogen functional groups attached to an aromatic ring is 1. The highest BCUT2D eigenvalue weighted by molar-refractivity contribution is 6.33. The van der Waals surface area contributed by atoms with Gasteiger partial charge in [0.05, 0.1) is 16.3 Å². The van der Waals surface area contributed by atoms with E-state index >= 15 is 0 Å². The lowest BCUT2D eigenvalue weighted by atomic mass is 10.1.